The molecule has 1 heterocycles. The number of carboxylic acid groups (broad SMARTS) is 1. The van der Waals surface area contributed by atoms with E-state index in [0.717, 1.165) is 38.1 Å². The molecule has 1 atom stereocenters. The van der Waals surface area contributed by atoms with Gasteiger partial charge in [-0.15, -0.1) is 0 Å². The lowest BCUT2D eigenvalue weighted by atomic mass is 9.93. The average Bonchev–Trinajstić information content (AvgIpc) is 3.22. The highest BCUT2D eigenvalue weighted by atomic mass is 79.9. The van der Waals surface area contributed by atoms with Crippen LogP contribution >= 0.6 is 27.5 Å². The molecule has 3 aromatic rings. The van der Waals surface area contributed by atoms with Gasteiger partial charge in [-0.25, -0.2) is 4.68 Å². The Kier molecular flexibility index (Phi) is 12.8. The summed E-state index contributed by atoms with van der Waals surface area (Å²) in [5.41, 5.74) is 6.39. The molecule has 6 heteroatoms. The second-order valence-corrected chi connectivity index (χ2v) is 10.0. The molecule has 4 nitrogen and oxygen atoms in total. The normalized spacial score (nSPS) is 11.8. The quantitative estimate of drug-likeness (QED) is 0.328. The number of aryl methyl sites for hydroxylation is 2. The van der Waals surface area contributed by atoms with Crippen LogP contribution in [-0.4, -0.2) is 20.9 Å². The van der Waals surface area contributed by atoms with Crippen LogP contribution in [0.15, 0.2) is 70.7 Å². The predicted molar refractivity (Wildman–Crippen MR) is 153 cm³/mol. The van der Waals surface area contributed by atoms with E-state index in [1.165, 1.54) is 0 Å². The van der Waals surface area contributed by atoms with Crippen LogP contribution in [-0.2, 0) is 11.2 Å². The third kappa shape index (κ3) is 9.50. The largest absolute Gasteiger partial charge is 0.481 e. The first kappa shape index (κ1) is 30.4. The van der Waals surface area contributed by atoms with Gasteiger partial charge in [0.05, 0.1) is 23.0 Å². The average molecular weight is 560 g/mol. The maximum atomic E-state index is 12.0. The lowest BCUT2D eigenvalue weighted by molar-refractivity contribution is -0.138. The molecule has 2 aromatic carbocycles. The summed E-state index contributed by atoms with van der Waals surface area (Å²) in [6.07, 6.45) is 0.305. The van der Waals surface area contributed by atoms with Gasteiger partial charge < -0.3 is 5.11 Å². The smallest absolute Gasteiger partial charge is 0.311 e. The van der Waals surface area contributed by atoms with Crippen LogP contribution in [0.4, 0.5) is 0 Å². The molecule has 0 aliphatic heterocycles. The van der Waals surface area contributed by atoms with Crippen LogP contribution in [0.2, 0.25) is 0 Å². The Bertz CT molecular complexity index is 1160. The Hall–Kier alpha value is -2.63. The number of benzene rings is 2. The van der Waals surface area contributed by atoms with Crippen LogP contribution in [0.25, 0.3) is 11.3 Å². The fourth-order valence-electron chi connectivity index (χ4n) is 3.30. The summed E-state index contributed by atoms with van der Waals surface area (Å²) in [6.45, 7) is 17.1. The van der Waals surface area contributed by atoms with Gasteiger partial charge in [-0.3, -0.25) is 4.79 Å². The zero-order chi connectivity index (χ0) is 26.7. The van der Waals surface area contributed by atoms with Crippen molar-refractivity contribution in [2.45, 2.75) is 60.8 Å². The van der Waals surface area contributed by atoms with E-state index >= 15 is 0 Å². The van der Waals surface area contributed by atoms with Crippen LogP contribution in [0.5, 0.6) is 0 Å². The van der Waals surface area contributed by atoms with Gasteiger partial charge in [0, 0.05) is 11.5 Å². The van der Waals surface area contributed by atoms with E-state index in [4.69, 9.17) is 16.7 Å². The number of nitrogens with zero attached hydrogens (tertiary/aromatic N) is 2. The summed E-state index contributed by atoms with van der Waals surface area (Å²) >= 11 is 9.35. The first-order chi connectivity index (χ1) is 16.5. The number of allylic oxidation sites excluding steroid dienone is 3. The fourth-order valence-corrected chi connectivity index (χ4v) is 3.40. The molecule has 0 saturated heterocycles. The van der Waals surface area contributed by atoms with Crippen LogP contribution in [0.3, 0.4) is 0 Å². The standard InChI is InChI=1S/C24H25ClN2O2.C3H5Br.C2H6/c1-15-8-10-21(11-9-15)27-23(17(3)18(4)25)14-20(26-27)13-22(24(28)29)19-7-5-6-16(2)12-19;1-3(2)4;1-2/h5-12,14,22H,13H2,1-4H3,(H,28,29);1H2,2H3;1-2H3/b18-17-;;. The molecule has 0 amide bonds. The Morgan fingerprint density at radius 3 is 2.11 bits per heavy atom. The van der Waals surface area contributed by atoms with Gasteiger partial charge in [0.1, 0.15) is 0 Å². The molecule has 0 bridgehead atoms. The highest BCUT2D eigenvalue weighted by molar-refractivity contribution is 9.11. The molecule has 0 spiro atoms. The maximum absolute atomic E-state index is 12.0. The maximum Gasteiger partial charge on any atom is 0.311 e. The Balaban J connectivity index is 0.000000926. The van der Waals surface area contributed by atoms with Crippen molar-refractivity contribution < 1.29 is 9.90 Å². The molecule has 35 heavy (non-hydrogen) atoms. The van der Waals surface area contributed by atoms with Gasteiger partial charge in [0.25, 0.3) is 0 Å². The fraction of sp³-hybridized carbons (Fsp3) is 0.310. The minimum Gasteiger partial charge on any atom is -0.481 e. The summed E-state index contributed by atoms with van der Waals surface area (Å²) in [7, 11) is 0. The van der Waals surface area contributed by atoms with Crippen molar-refractivity contribution in [1.29, 1.82) is 0 Å². The predicted octanol–water partition coefficient (Wildman–Crippen LogP) is 8.83. The van der Waals surface area contributed by atoms with E-state index in [2.05, 4.69) is 22.5 Å². The molecule has 0 fully saturated rings. The number of aromatic nitrogens is 2. The molecular weight excluding hydrogens is 524 g/mol. The van der Waals surface area contributed by atoms with Crippen molar-refractivity contribution in [2.75, 3.05) is 0 Å². The molecular formula is C29H36BrClN2O2. The number of hydrogen-bond acceptors (Lipinski definition) is 2. The molecule has 0 aliphatic rings. The van der Waals surface area contributed by atoms with E-state index in [1.807, 2.05) is 108 Å². The zero-order valence-electron chi connectivity index (χ0n) is 21.7. The second-order valence-electron chi connectivity index (χ2n) is 8.11. The van der Waals surface area contributed by atoms with Gasteiger partial charge >= 0.3 is 5.97 Å². The molecule has 0 aliphatic carbocycles. The summed E-state index contributed by atoms with van der Waals surface area (Å²) in [5, 5.41) is 15.3. The highest BCUT2D eigenvalue weighted by Gasteiger charge is 2.23. The van der Waals surface area contributed by atoms with Crippen LogP contribution < -0.4 is 0 Å². The third-order valence-corrected chi connectivity index (χ3v) is 5.38. The minimum absolute atomic E-state index is 0.305. The van der Waals surface area contributed by atoms with E-state index in [-0.39, 0.29) is 0 Å². The summed E-state index contributed by atoms with van der Waals surface area (Å²) in [5.74, 6) is -1.52. The monoisotopic (exact) mass is 558 g/mol. The Morgan fingerprint density at radius 1 is 1.06 bits per heavy atom. The lowest BCUT2D eigenvalue weighted by Gasteiger charge is -2.12. The first-order valence-corrected chi connectivity index (χ1v) is 12.8. The number of hydrogen-bond donors (Lipinski definition) is 1. The van der Waals surface area contributed by atoms with Crippen molar-refractivity contribution in [3.05, 3.63) is 98.8 Å². The second kappa shape index (κ2) is 14.7. The molecule has 1 unspecified atom stereocenters. The van der Waals surface area contributed by atoms with Crippen molar-refractivity contribution >= 4 is 39.1 Å². The number of halogens is 2. The van der Waals surface area contributed by atoms with E-state index in [9.17, 15) is 9.90 Å². The zero-order valence-corrected chi connectivity index (χ0v) is 24.0. The summed E-state index contributed by atoms with van der Waals surface area (Å²) in [6, 6.07) is 17.6. The number of aliphatic carboxylic acids is 1. The highest BCUT2D eigenvalue weighted by Crippen LogP contribution is 2.28. The van der Waals surface area contributed by atoms with Gasteiger partial charge in [-0.05, 0) is 68.4 Å². The summed E-state index contributed by atoms with van der Waals surface area (Å²) in [4.78, 5) is 12.0. The molecule has 3 rings (SSSR count). The topological polar surface area (TPSA) is 55.1 Å². The van der Waals surface area contributed by atoms with E-state index in [1.54, 1.807) is 0 Å². The van der Waals surface area contributed by atoms with Crippen LogP contribution in [0, 0.1) is 13.8 Å². The Morgan fingerprint density at radius 2 is 1.63 bits per heavy atom. The first-order valence-electron chi connectivity index (χ1n) is 11.6. The number of carbonyl (C=O) groups is 1. The number of carboxylic acids is 1. The van der Waals surface area contributed by atoms with Gasteiger partial charge in [0.2, 0.25) is 0 Å². The van der Waals surface area contributed by atoms with Crippen LogP contribution in [0.1, 0.15) is 68.6 Å². The lowest BCUT2D eigenvalue weighted by Crippen LogP contribution is -2.15. The molecule has 0 radical (unpaired) electrons. The Labute approximate surface area is 223 Å². The molecule has 1 N–H and O–H groups in total. The summed E-state index contributed by atoms with van der Waals surface area (Å²) < 4.78 is 2.82. The minimum atomic E-state index is -0.858. The number of rotatable bonds is 6. The van der Waals surface area contributed by atoms with Gasteiger partial charge in [0.15, 0.2) is 0 Å². The SMILES string of the molecule is C/C(Cl)=C(\C)c1cc(CC(C(=O)O)c2cccc(C)c2)nn1-c1ccc(C)cc1.C=C(C)Br.CC. The van der Waals surface area contributed by atoms with E-state index in [0.29, 0.717) is 17.1 Å². The van der Waals surface area contributed by atoms with Crippen molar-refractivity contribution in [1.82, 2.24) is 9.78 Å². The molecule has 0 saturated carbocycles. The van der Waals surface area contributed by atoms with Gasteiger partial charge in [-0.1, -0.05) is 95.5 Å². The van der Waals surface area contributed by atoms with Crippen molar-refractivity contribution in [3.8, 4) is 5.69 Å². The van der Waals surface area contributed by atoms with Crippen molar-refractivity contribution in [2.24, 2.45) is 0 Å². The molecule has 1 aromatic heterocycles. The van der Waals surface area contributed by atoms with Crippen molar-refractivity contribution in [3.63, 3.8) is 0 Å². The molecule has 188 valence electrons. The van der Waals surface area contributed by atoms with Gasteiger partial charge in [-0.2, -0.15) is 5.10 Å². The van der Waals surface area contributed by atoms with E-state index < -0.39 is 11.9 Å². The third-order valence-electron chi connectivity index (χ3n) is 5.10.